The van der Waals surface area contributed by atoms with Gasteiger partial charge in [-0.3, -0.25) is 5.01 Å². The van der Waals surface area contributed by atoms with Crippen molar-refractivity contribution in [3.63, 3.8) is 0 Å². The number of ether oxygens (including phenoxy) is 1. The number of hydrogen-bond donors (Lipinski definition) is 1. The normalized spacial score (nSPS) is 22.2. The van der Waals surface area contributed by atoms with Gasteiger partial charge in [-0.2, -0.15) is 9.89 Å². The summed E-state index contributed by atoms with van der Waals surface area (Å²) in [7, 11) is -2.80. The third-order valence-electron chi connectivity index (χ3n) is 8.64. The smallest absolute Gasteiger partial charge is 0.261 e. The second-order valence-corrected chi connectivity index (χ2v) is 17.0. The van der Waals surface area contributed by atoms with Gasteiger partial charge in [-0.25, -0.2) is 0 Å². The SMILES string of the molecule is CC1(c2nn(N3CCNCC3)c3ccc(Cl)cc23)COCC1O[Si](c1ccccc1)(c1ccccc1)C(C)(C)C. The predicted octanol–water partition coefficient (Wildman–Crippen LogP) is 4.46. The first kappa shape index (κ1) is 27.5. The number of rotatable bonds is 6. The molecule has 0 saturated carbocycles. The molecular formula is C32H39ClN4O2Si. The predicted molar refractivity (Wildman–Crippen MR) is 166 cm³/mol. The van der Waals surface area contributed by atoms with Crippen molar-refractivity contribution < 1.29 is 9.16 Å². The Morgan fingerprint density at radius 3 is 2.20 bits per heavy atom. The first-order valence-electron chi connectivity index (χ1n) is 14.3. The summed E-state index contributed by atoms with van der Waals surface area (Å²) in [6, 6.07) is 27.8. The van der Waals surface area contributed by atoms with E-state index in [0.29, 0.717) is 18.2 Å². The second kappa shape index (κ2) is 10.6. The summed E-state index contributed by atoms with van der Waals surface area (Å²) < 4.78 is 13.9. The Morgan fingerprint density at radius 2 is 1.60 bits per heavy atom. The van der Waals surface area contributed by atoms with E-state index >= 15 is 0 Å². The monoisotopic (exact) mass is 574 g/mol. The van der Waals surface area contributed by atoms with Gasteiger partial charge in [0.1, 0.15) is 0 Å². The molecule has 1 N–H and O–H groups in total. The molecule has 1 aromatic heterocycles. The Kier molecular flexibility index (Phi) is 7.30. The van der Waals surface area contributed by atoms with Crippen molar-refractivity contribution in [3.8, 4) is 0 Å². The van der Waals surface area contributed by atoms with Crippen molar-refractivity contribution in [1.29, 1.82) is 0 Å². The van der Waals surface area contributed by atoms with E-state index in [2.05, 4.69) is 116 Å². The molecule has 8 heteroatoms. The van der Waals surface area contributed by atoms with Gasteiger partial charge in [-0.05, 0) is 40.5 Å². The highest BCUT2D eigenvalue weighted by Crippen LogP contribution is 2.44. The van der Waals surface area contributed by atoms with Crippen LogP contribution >= 0.6 is 11.6 Å². The molecule has 4 aromatic rings. The highest BCUT2D eigenvalue weighted by molar-refractivity contribution is 6.99. The molecule has 2 fully saturated rings. The van der Waals surface area contributed by atoms with Crippen LogP contribution in [-0.2, 0) is 14.6 Å². The van der Waals surface area contributed by atoms with Crippen molar-refractivity contribution >= 4 is 41.2 Å². The van der Waals surface area contributed by atoms with Gasteiger partial charge in [0.2, 0.25) is 0 Å². The number of piperazine rings is 1. The Labute approximate surface area is 243 Å². The lowest BCUT2D eigenvalue weighted by molar-refractivity contribution is 0.124. The maximum atomic E-state index is 7.65. The fourth-order valence-corrected chi connectivity index (χ4v) is 11.4. The highest BCUT2D eigenvalue weighted by Gasteiger charge is 2.56. The lowest BCUT2D eigenvalue weighted by atomic mass is 9.82. The fraction of sp³-hybridized carbons (Fsp3) is 0.406. The standard InChI is InChI=1S/C32H39ClN4O2Si/c1-31(2,3)40(25-11-7-5-8-12-25,26-13-9-6-10-14-26)39-29-22-38-23-32(29,4)30-27-21-24(33)15-16-28(27)37(35-30)36-19-17-34-18-20-36/h5-16,21,29,34H,17-20,22-23H2,1-4H3. The Hall–Kier alpha value is -2.68. The zero-order valence-electron chi connectivity index (χ0n) is 23.9. The van der Waals surface area contributed by atoms with E-state index in [1.54, 1.807) is 0 Å². The van der Waals surface area contributed by atoms with E-state index in [1.807, 2.05) is 6.07 Å². The van der Waals surface area contributed by atoms with Crippen LogP contribution in [0, 0.1) is 0 Å². The molecule has 2 aliphatic heterocycles. The number of nitrogens with one attached hydrogen (secondary N) is 1. The number of fused-ring (bicyclic) bond motifs is 1. The van der Waals surface area contributed by atoms with Gasteiger partial charge in [-0.1, -0.05) is 93.0 Å². The summed E-state index contributed by atoms with van der Waals surface area (Å²) in [4.78, 5) is 2.09. The van der Waals surface area contributed by atoms with Crippen LogP contribution in [0.15, 0.2) is 78.9 Å². The molecule has 2 atom stereocenters. The molecule has 0 amide bonds. The lowest BCUT2D eigenvalue weighted by Crippen LogP contribution is -2.69. The lowest BCUT2D eigenvalue weighted by Gasteiger charge is -2.46. The number of halogens is 1. The minimum Gasteiger partial charge on any atom is -0.401 e. The fourth-order valence-electron chi connectivity index (χ4n) is 6.50. The molecule has 40 heavy (non-hydrogen) atoms. The second-order valence-electron chi connectivity index (χ2n) is 12.3. The maximum absolute atomic E-state index is 7.65. The first-order chi connectivity index (χ1) is 19.2. The Morgan fingerprint density at radius 1 is 0.975 bits per heavy atom. The molecule has 6 nitrogen and oxygen atoms in total. The van der Waals surface area contributed by atoms with Crippen molar-refractivity contribution in [3.05, 3.63) is 89.6 Å². The summed E-state index contributed by atoms with van der Waals surface area (Å²) in [6.07, 6.45) is -0.188. The number of benzene rings is 3. The van der Waals surface area contributed by atoms with Crippen LogP contribution in [0.1, 0.15) is 33.4 Å². The molecule has 0 aliphatic carbocycles. The average Bonchev–Trinajstić information content (AvgIpc) is 3.53. The zero-order chi connectivity index (χ0) is 28.0. The van der Waals surface area contributed by atoms with Gasteiger partial charge in [0, 0.05) is 36.6 Å². The molecule has 2 saturated heterocycles. The molecule has 3 heterocycles. The van der Waals surface area contributed by atoms with Crippen LogP contribution in [-0.4, -0.2) is 63.7 Å². The highest BCUT2D eigenvalue weighted by atomic mass is 35.5. The quantitative estimate of drug-likeness (QED) is 0.345. The largest absolute Gasteiger partial charge is 0.401 e. The van der Waals surface area contributed by atoms with Gasteiger partial charge in [0.15, 0.2) is 0 Å². The Balaban J connectivity index is 1.50. The van der Waals surface area contributed by atoms with E-state index in [1.165, 1.54) is 10.4 Å². The van der Waals surface area contributed by atoms with Crippen LogP contribution in [0.3, 0.4) is 0 Å². The first-order valence-corrected chi connectivity index (χ1v) is 16.5. The summed E-state index contributed by atoms with van der Waals surface area (Å²) >= 11 is 6.58. The van der Waals surface area contributed by atoms with Crippen molar-refractivity contribution in [2.24, 2.45) is 0 Å². The molecule has 2 aliphatic rings. The van der Waals surface area contributed by atoms with Gasteiger partial charge in [0.05, 0.1) is 35.9 Å². The van der Waals surface area contributed by atoms with Crippen LogP contribution in [0.25, 0.3) is 10.9 Å². The van der Waals surface area contributed by atoms with Gasteiger partial charge < -0.3 is 14.5 Å². The van der Waals surface area contributed by atoms with Crippen LogP contribution in [0.5, 0.6) is 0 Å². The van der Waals surface area contributed by atoms with Crippen LogP contribution in [0.2, 0.25) is 10.1 Å². The van der Waals surface area contributed by atoms with E-state index in [9.17, 15) is 0 Å². The minimum absolute atomic E-state index is 0.134. The number of aromatic nitrogens is 2. The maximum Gasteiger partial charge on any atom is 0.261 e. The molecule has 6 rings (SSSR count). The molecule has 0 spiro atoms. The zero-order valence-corrected chi connectivity index (χ0v) is 25.6. The summed E-state index contributed by atoms with van der Waals surface area (Å²) in [5.41, 5.74) is 1.59. The average molecular weight is 575 g/mol. The van der Waals surface area contributed by atoms with E-state index < -0.39 is 13.7 Å². The molecule has 2 unspecified atom stereocenters. The van der Waals surface area contributed by atoms with Gasteiger partial charge in [-0.15, -0.1) is 0 Å². The molecular weight excluding hydrogens is 536 g/mol. The Bertz CT molecular complexity index is 1430. The molecule has 3 aromatic carbocycles. The van der Waals surface area contributed by atoms with E-state index in [4.69, 9.17) is 25.9 Å². The molecule has 0 radical (unpaired) electrons. The van der Waals surface area contributed by atoms with Gasteiger partial charge >= 0.3 is 0 Å². The third kappa shape index (κ3) is 4.58. The van der Waals surface area contributed by atoms with E-state index in [0.717, 1.165) is 42.8 Å². The number of hydrogen-bond acceptors (Lipinski definition) is 5. The molecule has 0 bridgehead atoms. The van der Waals surface area contributed by atoms with Gasteiger partial charge in [0.25, 0.3) is 8.32 Å². The van der Waals surface area contributed by atoms with Crippen molar-refractivity contribution in [1.82, 2.24) is 15.2 Å². The minimum atomic E-state index is -2.80. The molecule has 210 valence electrons. The van der Waals surface area contributed by atoms with Crippen molar-refractivity contribution in [2.75, 3.05) is 44.4 Å². The summed E-state index contributed by atoms with van der Waals surface area (Å²) in [6.45, 7) is 13.9. The third-order valence-corrected chi connectivity index (χ3v) is 13.9. The number of nitrogens with zero attached hydrogens (tertiary/aromatic N) is 3. The topological polar surface area (TPSA) is 51.6 Å². The van der Waals surface area contributed by atoms with E-state index in [-0.39, 0.29) is 11.1 Å². The summed E-state index contributed by atoms with van der Waals surface area (Å²) in [5, 5.41) is 15.2. The van der Waals surface area contributed by atoms with Crippen LogP contribution in [0.4, 0.5) is 0 Å². The summed E-state index contributed by atoms with van der Waals surface area (Å²) in [5.74, 6) is 0. The van der Waals surface area contributed by atoms with Crippen molar-refractivity contribution in [2.45, 2.75) is 44.3 Å². The van der Waals surface area contributed by atoms with Crippen LogP contribution < -0.4 is 20.7 Å².